The molecule has 0 aliphatic heterocycles. The van der Waals surface area contributed by atoms with Crippen molar-refractivity contribution in [3.8, 4) is 5.88 Å². The van der Waals surface area contributed by atoms with Crippen LogP contribution in [-0.4, -0.2) is 39.2 Å². The van der Waals surface area contributed by atoms with E-state index in [9.17, 15) is 4.79 Å². The molecule has 0 saturated carbocycles. The van der Waals surface area contributed by atoms with Crippen molar-refractivity contribution < 1.29 is 9.53 Å². The number of hydrogen-bond donors (Lipinski definition) is 1. The molecule has 31 heavy (non-hydrogen) atoms. The van der Waals surface area contributed by atoms with Gasteiger partial charge in [0, 0.05) is 0 Å². The van der Waals surface area contributed by atoms with Gasteiger partial charge in [-0.3, -0.25) is 4.79 Å². The van der Waals surface area contributed by atoms with E-state index < -0.39 is 0 Å². The average molecular weight is 470 g/mol. The molecule has 0 bridgehead atoms. The lowest BCUT2D eigenvalue weighted by atomic mass is 10.1. The second-order valence-corrected chi connectivity index (χ2v) is 10.3. The van der Waals surface area contributed by atoms with E-state index >= 15 is 0 Å². The minimum Gasteiger partial charge on any atom is -0.476 e. The Balaban J connectivity index is 2.77. The van der Waals surface area contributed by atoms with Crippen LogP contribution < -0.4 is 10.1 Å². The van der Waals surface area contributed by atoms with E-state index in [2.05, 4.69) is 36.1 Å². The van der Waals surface area contributed by atoms with E-state index in [1.54, 1.807) is 23.5 Å². The summed E-state index contributed by atoms with van der Waals surface area (Å²) in [6.45, 7) is 8.97. The van der Waals surface area contributed by atoms with E-state index in [-0.39, 0.29) is 11.2 Å². The van der Waals surface area contributed by atoms with E-state index in [1.807, 2.05) is 6.92 Å². The molecule has 1 heterocycles. The maximum absolute atomic E-state index is 13.3. The highest BCUT2D eigenvalue weighted by Gasteiger charge is 2.22. The highest BCUT2D eigenvalue weighted by molar-refractivity contribution is 8.00. The lowest BCUT2D eigenvalue weighted by Crippen LogP contribution is -2.26. The number of thioether (sulfide) groups is 2. The van der Waals surface area contributed by atoms with Gasteiger partial charge in [-0.2, -0.15) is 4.98 Å². The third-order valence-electron chi connectivity index (χ3n) is 5.02. The number of carbonyl (C=O) groups is 1. The smallest absolute Gasteiger partial charge is 0.242 e. The number of amides is 1. The minimum absolute atomic E-state index is 0.0399. The van der Waals surface area contributed by atoms with Crippen molar-refractivity contribution in [1.82, 2.24) is 9.97 Å². The molecule has 1 aromatic heterocycles. The molecule has 0 aliphatic carbocycles. The normalized spacial score (nSPS) is 12.0. The molecule has 1 unspecified atom stereocenters. The Labute approximate surface area is 198 Å². The van der Waals surface area contributed by atoms with Gasteiger partial charge in [-0.1, -0.05) is 78.6 Å². The van der Waals surface area contributed by atoms with Crippen molar-refractivity contribution >= 4 is 35.1 Å². The summed E-state index contributed by atoms with van der Waals surface area (Å²) in [6, 6.07) is 0. The average Bonchev–Trinajstić information content (AvgIpc) is 2.76. The summed E-state index contributed by atoms with van der Waals surface area (Å²) in [5, 5.41) is 3.87. The summed E-state index contributed by atoms with van der Waals surface area (Å²) in [5.41, 5.74) is 0.626. The summed E-state index contributed by atoms with van der Waals surface area (Å²) in [4.78, 5) is 21.9. The molecule has 0 saturated heterocycles. The SMILES string of the molecule is CCCCCCCCC(SCCCCCC)C(=O)Nc1c(OCC)ncnc1SCC. The summed E-state index contributed by atoms with van der Waals surface area (Å²) in [7, 11) is 0. The van der Waals surface area contributed by atoms with Crippen molar-refractivity contribution in [2.75, 3.05) is 23.4 Å². The van der Waals surface area contributed by atoms with Crippen LogP contribution in [-0.2, 0) is 4.79 Å². The van der Waals surface area contributed by atoms with Crippen LogP contribution in [0.15, 0.2) is 11.4 Å². The fourth-order valence-corrected chi connectivity index (χ4v) is 5.19. The largest absolute Gasteiger partial charge is 0.476 e. The first kappa shape index (κ1) is 28.1. The number of ether oxygens (including phenoxy) is 1. The maximum atomic E-state index is 13.3. The first-order valence-electron chi connectivity index (χ1n) is 12.2. The van der Waals surface area contributed by atoms with Crippen molar-refractivity contribution in [3.05, 3.63) is 6.33 Å². The highest BCUT2D eigenvalue weighted by Crippen LogP contribution is 2.33. The second kappa shape index (κ2) is 18.6. The lowest BCUT2D eigenvalue weighted by molar-refractivity contribution is -0.115. The number of nitrogens with zero attached hydrogens (tertiary/aromatic N) is 2. The zero-order valence-corrected chi connectivity index (χ0v) is 21.7. The molecule has 1 amide bonds. The van der Waals surface area contributed by atoms with Crippen LogP contribution in [0.2, 0.25) is 0 Å². The molecule has 7 heteroatoms. The van der Waals surface area contributed by atoms with Crippen LogP contribution in [0.4, 0.5) is 5.69 Å². The molecule has 178 valence electrons. The number of anilines is 1. The van der Waals surface area contributed by atoms with Crippen LogP contribution >= 0.6 is 23.5 Å². The van der Waals surface area contributed by atoms with E-state index in [0.717, 1.165) is 29.4 Å². The van der Waals surface area contributed by atoms with Crippen molar-refractivity contribution in [2.45, 2.75) is 109 Å². The summed E-state index contributed by atoms with van der Waals surface area (Å²) in [6.07, 6.45) is 14.8. The molecule has 0 spiro atoms. The zero-order chi connectivity index (χ0) is 22.7. The number of unbranched alkanes of at least 4 members (excludes halogenated alkanes) is 8. The number of aromatic nitrogens is 2. The Kier molecular flexibility index (Phi) is 16.9. The van der Waals surface area contributed by atoms with Crippen LogP contribution in [0.25, 0.3) is 0 Å². The van der Waals surface area contributed by atoms with Gasteiger partial charge in [-0.15, -0.1) is 23.5 Å². The van der Waals surface area contributed by atoms with E-state index in [1.165, 1.54) is 64.1 Å². The van der Waals surface area contributed by atoms with Gasteiger partial charge >= 0.3 is 0 Å². The fourth-order valence-electron chi connectivity index (χ4n) is 3.31. The molecular formula is C24H43N3O2S2. The highest BCUT2D eigenvalue weighted by atomic mass is 32.2. The van der Waals surface area contributed by atoms with Gasteiger partial charge in [-0.05, 0) is 31.3 Å². The number of hydrogen-bond acceptors (Lipinski definition) is 6. The Bertz CT molecular complexity index is 578. The van der Waals surface area contributed by atoms with Gasteiger partial charge < -0.3 is 10.1 Å². The number of nitrogens with one attached hydrogen (secondary N) is 1. The van der Waals surface area contributed by atoms with Gasteiger partial charge in [0.15, 0.2) is 0 Å². The molecule has 1 aromatic rings. The molecule has 0 aromatic carbocycles. The first-order valence-corrected chi connectivity index (χ1v) is 14.2. The van der Waals surface area contributed by atoms with E-state index in [0.29, 0.717) is 18.2 Å². The zero-order valence-electron chi connectivity index (χ0n) is 20.1. The molecule has 0 radical (unpaired) electrons. The summed E-state index contributed by atoms with van der Waals surface area (Å²) >= 11 is 3.40. The molecule has 1 N–H and O–H groups in total. The van der Waals surface area contributed by atoms with Gasteiger partial charge in [-0.25, -0.2) is 4.98 Å². The first-order chi connectivity index (χ1) is 15.2. The number of rotatable bonds is 19. The van der Waals surface area contributed by atoms with Gasteiger partial charge in [0.05, 0.1) is 11.9 Å². The third-order valence-corrected chi connectivity index (χ3v) is 7.27. The Hall–Kier alpha value is -0.950. The maximum Gasteiger partial charge on any atom is 0.242 e. The van der Waals surface area contributed by atoms with Gasteiger partial charge in [0.1, 0.15) is 17.0 Å². The van der Waals surface area contributed by atoms with Crippen LogP contribution in [0.5, 0.6) is 5.88 Å². The molecular weight excluding hydrogens is 426 g/mol. The Morgan fingerprint density at radius 2 is 1.65 bits per heavy atom. The minimum atomic E-state index is -0.0399. The summed E-state index contributed by atoms with van der Waals surface area (Å²) < 4.78 is 5.68. The predicted octanol–water partition coefficient (Wildman–Crippen LogP) is 7.36. The lowest BCUT2D eigenvalue weighted by Gasteiger charge is -2.19. The quantitative estimate of drug-likeness (QED) is 0.130. The van der Waals surface area contributed by atoms with E-state index in [4.69, 9.17) is 4.74 Å². The molecule has 1 rings (SSSR count). The predicted molar refractivity (Wildman–Crippen MR) is 137 cm³/mol. The fraction of sp³-hybridized carbons (Fsp3) is 0.792. The molecule has 1 atom stereocenters. The Morgan fingerprint density at radius 3 is 2.32 bits per heavy atom. The van der Waals surface area contributed by atoms with Crippen molar-refractivity contribution in [3.63, 3.8) is 0 Å². The Morgan fingerprint density at radius 1 is 0.968 bits per heavy atom. The monoisotopic (exact) mass is 469 g/mol. The standard InChI is InChI=1S/C24H43N3O2S2/c1-5-9-11-13-14-15-17-20(31-18-16-12-10-6-2)22(28)27-21-23(29-7-3)25-19-26-24(21)30-8-4/h19-20H,5-18H2,1-4H3,(H,27,28). The second-order valence-electron chi connectivity index (χ2n) is 7.69. The summed E-state index contributed by atoms with van der Waals surface area (Å²) in [5.74, 6) is 2.43. The molecule has 0 aliphatic rings. The molecule has 5 nitrogen and oxygen atoms in total. The third kappa shape index (κ3) is 12.0. The van der Waals surface area contributed by atoms with Gasteiger partial charge in [0.25, 0.3) is 0 Å². The van der Waals surface area contributed by atoms with Crippen LogP contribution in [0.1, 0.15) is 98.3 Å². The van der Waals surface area contributed by atoms with Crippen molar-refractivity contribution in [2.24, 2.45) is 0 Å². The number of carbonyl (C=O) groups excluding carboxylic acids is 1. The molecule has 0 fully saturated rings. The topological polar surface area (TPSA) is 64.1 Å². The van der Waals surface area contributed by atoms with Crippen molar-refractivity contribution in [1.29, 1.82) is 0 Å². The van der Waals surface area contributed by atoms with Gasteiger partial charge in [0.2, 0.25) is 11.8 Å². The van der Waals surface area contributed by atoms with Crippen LogP contribution in [0, 0.1) is 0 Å². The van der Waals surface area contributed by atoms with Crippen LogP contribution in [0.3, 0.4) is 0 Å².